The Bertz CT molecular complexity index is 898. The lowest BCUT2D eigenvalue weighted by molar-refractivity contribution is -0.123. The minimum Gasteiger partial charge on any atom is -0.496 e. The van der Waals surface area contributed by atoms with Crippen LogP contribution in [0.5, 0.6) is 5.75 Å². The molecule has 1 amide bonds. The summed E-state index contributed by atoms with van der Waals surface area (Å²) in [5, 5.41) is 2.87. The minimum absolute atomic E-state index is 0.0430. The first-order chi connectivity index (χ1) is 13.3. The van der Waals surface area contributed by atoms with E-state index in [9.17, 15) is 13.2 Å². The lowest BCUT2D eigenvalue weighted by Crippen LogP contribution is -2.50. The molecule has 0 aliphatic rings. The van der Waals surface area contributed by atoms with Crippen molar-refractivity contribution in [1.29, 1.82) is 0 Å². The summed E-state index contributed by atoms with van der Waals surface area (Å²) in [7, 11) is -2.35. The number of carbonyl (C=O) groups excluding carboxylic acids is 1. The van der Waals surface area contributed by atoms with Crippen LogP contribution >= 0.6 is 0 Å². The second-order valence-corrected chi connectivity index (χ2v) is 8.53. The molecule has 0 aliphatic carbocycles. The highest BCUT2D eigenvalue weighted by molar-refractivity contribution is 7.89. The number of benzene rings is 2. The van der Waals surface area contributed by atoms with Crippen LogP contribution in [-0.4, -0.2) is 33.5 Å². The number of amides is 1. The standard InChI is InChI=1S/C21H28N2O4S/c1-5-16(3)22-21(24)19(14-17-9-7-6-8-10-17)23-28(25,26)18-11-12-20(27-4)15(2)13-18/h6-13,16,19,23H,5,14H2,1-4H3,(H,22,24)/t16-,19-/m1/s1. The average molecular weight is 405 g/mol. The second-order valence-electron chi connectivity index (χ2n) is 6.81. The molecule has 2 N–H and O–H groups in total. The number of aryl methyl sites for hydroxylation is 1. The van der Waals surface area contributed by atoms with E-state index >= 15 is 0 Å². The zero-order chi connectivity index (χ0) is 20.7. The van der Waals surface area contributed by atoms with Gasteiger partial charge in [0, 0.05) is 6.04 Å². The van der Waals surface area contributed by atoms with E-state index in [4.69, 9.17) is 4.74 Å². The van der Waals surface area contributed by atoms with Crippen molar-refractivity contribution in [3.63, 3.8) is 0 Å². The largest absolute Gasteiger partial charge is 0.496 e. The van der Waals surface area contributed by atoms with E-state index in [1.165, 1.54) is 19.2 Å². The molecule has 0 heterocycles. The number of nitrogens with one attached hydrogen (secondary N) is 2. The zero-order valence-corrected chi connectivity index (χ0v) is 17.5. The maximum atomic E-state index is 12.9. The van der Waals surface area contributed by atoms with E-state index < -0.39 is 16.1 Å². The first-order valence-electron chi connectivity index (χ1n) is 9.28. The van der Waals surface area contributed by atoms with E-state index in [1.807, 2.05) is 44.2 Å². The molecule has 2 atom stereocenters. The van der Waals surface area contributed by atoms with Gasteiger partial charge in [-0.3, -0.25) is 4.79 Å². The van der Waals surface area contributed by atoms with Gasteiger partial charge < -0.3 is 10.1 Å². The Morgan fingerprint density at radius 1 is 1.14 bits per heavy atom. The van der Waals surface area contributed by atoms with E-state index in [1.54, 1.807) is 13.0 Å². The van der Waals surface area contributed by atoms with Crippen LogP contribution in [0.15, 0.2) is 53.4 Å². The summed E-state index contributed by atoms with van der Waals surface area (Å²) >= 11 is 0. The second kappa shape index (κ2) is 9.71. The molecule has 2 aromatic carbocycles. The third kappa shape index (κ3) is 5.81. The summed E-state index contributed by atoms with van der Waals surface area (Å²) in [5.74, 6) is 0.265. The fourth-order valence-electron chi connectivity index (χ4n) is 2.76. The number of carbonyl (C=O) groups is 1. The number of rotatable bonds is 9. The average Bonchev–Trinajstić information content (AvgIpc) is 2.67. The lowest BCUT2D eigenvalue weighted by atomic mass is 10.1. The van der Waals surface area contributed by atoms with Gasteiger partial charge in [0.25, 0.3) is 0 Å². The molecule has 0 aliphatic heterocycles. The van der Waals surface area contributed by atoms with Crippen molar-refractivity contribution in [2.45, 2.75) is 50.6 Å². The van der Waals surface area contributed by atoms with Gasteiger partial charge in [0.2, 0.25) is 15.9 Å². The van der Waals surface area contributed by atoms with E-state index in [2.05, 4.69) is 10.0 Å². The van der Waals surface area contributed by atoms with Crippen molar-refractivity contribution < 1.29 is 17.9 Å². The third-order valence-electron chi connectivity index (χ3n) is 4.57. The highest BCUT2D eigenvalue weighted by Gasteiger charge is 2.27. The van der Waals surface area contributed by atoms with Crippen molar-refractivity contribution in [3.8, 4) is 5.75 Å². The quantitative estimate of drug-likeness (QED) is 0.673. The van der Waals surface area contributed by atoms with Crippen LogP contribution in [0.4, 0.5) is 0 Å². The number of hydrogen-bond donors (Lipinski definition) is 2. The van der Waals surface area contributed by atoms with Crippen LogP contribution < -0.4 is 14.8 Å². The van der Waals surface area contributed by atoms with Crippen LogP contribution in [0, 0.1) is 6.92 Å². The van der Waals surface area contributed by atoms with Gasteiger partial charge in [-0.15, -0.1) is 0 Å². The van der Waals surface area contributed by atoms with Gasteiger partial charge in [-0.05, 0) is 56.0 Å². The van der Waals surface area contributed by atoms with Crippen LogP contribution in [0.2, 0.25) is 0 Å². The maximum absolute atomic E-state index is 12.9. The molecule has 0 spiro atoms. The molecule has 0 saturated heterocycles. The van der Waals surface area contributed by atoms with E-state index in [0.717, 1.165) is 12.0 Å². The fourth-order valence-corrected chi connectivity index (χ4v) is 4.04. The van der Waals surface area contributed by atoms with Crippen molar-refractivity contribution in [3.05, 3.63) is 59.7 Å². The normalized spacial score (nSPS) is 13.6. The van der Waals surface area contributed by atoms with Crippen molar-refractivity contribution >= 4 is 15.9 Å². The smallest absolute Gasteiger partial charge is 0.241 e. The summed E-state index contributed by atoms with van der Waals surface area (Å²) in [5.41, 5.74) is 1.58. The maximum Gasteiger partial charge on any atom is 0.241 e. The predicted octanol–water partition coefficient (Wildman–Crippen LogP) is 2.81. The number of ether oxygens (including phenoxy) is 1. The van der Waals surface area contributed by atoms with Gasteiger partial charge in [0.15, 0.2) is 0 Å². The Morgan fingerprint density at radius 2 is 1.82 bits per heavy atom. The molecule has 6 nitrogen and oxygen atoms in total. The minimum atomic E-state index is -3.88. The van der Waals surface area contributed by atoms with Gasteiger partial charge in [-0.2, -0.15) is 4.72 Å². The summed E-state index contributed by atoms with van der Waals surface area (Å²) in [4.78, 5) is 12.8. The highest BCUT2D eigenvalue weighted by Crippen LogP contribution is 2.21. The molecule has 0 unspecified atom stereocenters. The van der Waals surface area contributed by atoms with Gasteiger partial charge in [0.05, 0.1) is 12.0 Å². The van der Waals surface area contributed by atoms with Gasteiger partial charge in [-0.25, -0.2) is 8.42 Å². The monoisotopic (exact) mass is 404 g/mol. The third-order valence-corrected chi connectivity index (χ3v) is 6.04. The summed E-state index contributed by atoms with van der Waals surface area (Å²) in [6, 6.07) is 13.0. The summed E-state index contributed by atoms with van der Waals surface area (Å²) in [6.07, 6.45) is 1.02. The molecule has 2 rings (SSSR count). The van der Waals surface area contributed by atoms with Gasteiger partial charge in [-0.1, -0.05) is 37.3 Å². The molecule has 0 radical (unpaired) electrons. The van der Waals surface area contributed by atoms with Gasteiger partial charge >= 0.3 is 0 Å². The molecule has 0 aromatic heterocycles. The van der Waals surface area contributed by atoms with Crippen LogP contribution in [-0.2, 0) is 21.2 Å². The molecule has 7 heteroatoms. The Balaban J connectivity index is 2.29. The van der Waals surface area contributed by atoms with Crippen molar-refractivity contribution in [2.75, 3.05) is 7.11 Å². The van der Waals surface area contributed by atoms with Gasteiger partial charge in [0.1, 0.15) is 11.8 Å². The van der Waals surface area contributed by atoms with Crippen LogP contribution in [0.3, 0.4) is 0 Å². The SMILES string of the molecule is CC[C@@H](C)NC(=O)[C@@H](Cc1ccccc1)NS(=O)(=O)c1ccc(OC)c(C)c1. The summed E-state index contributed by atoms with van der Waals surface area (Å²) < 4.78 is 33.6. The Kier molecular flexibility index (Phi) is 7.60. The molecule has 0 bridgehead atoms. The molecule has 28 heavy (non-hydrogen) atoms. The predicted molar refractivity (Wildman–Crippen MR) is 110 cm³/mol. The first kappa shape index (κ1) is 21.9. The molecule has 0 fully saturated rings. The van der Waals surface area contributed by atoms with Crippen molar-refractivity contribution in [2.24, 2.45) is 0 Å². The topological polar surface area (TPSA) is 84.5 Å². The Hall–Kier alpha value is -2.38. The molecular weight excluding hydrogens is 376 g/mol. The molecule has 2 aromatic rings. The number of sulfonamides is 1. The number of hydrogen-bond acceptors (Lipinski definition) is 4. The molecular formula is C21H28N2O4S. The fraction of sp³-hybridized carbons (Fsp3) is 0.381. The van der Waals surface area contributed by atoms with Crippen molar-refractivity contribution in [1.82, 2.24) is 10.0 Å². The Morgan fingerprint density at radius 3 is 2.39 bits per heavy atom. The molecule has 152 valence electrons. The lowest BCUT2D eigenvalue weighted by Gasteiger charge is -2.21. The van der Waals surface area contributed by atoms with E-state index in [-0.39, 0.29) is 23.3 Å². The Labute approximate surface area is 167 Å². The summed E-state index contributed by atoms with van der Waals surface area (Å²) in [6.45, 7) is 5.62. The van der Waals surface area contributed by atoms with Crippen LogP contribution in [0.1, 0.15) is 31.4 Å². The zero-order valence-electron chi connectivity index (χ0n) is 16.7. The van der Waals surface area contributed by atoms with E-state index in [0.29, 0.717) is 11.3 Å². The first-order valence-corrected chi connectivity index (χ1v) is 10.8. The van der Waals surface area contributed by atoms with Crippen LogP contribution in [0.25, 0.3) is 0 Å². The highest BCUT2D eigenvalue weighted by atomic mass is 32.2. The molecule has 0 saturated carbocycles. The number of methoxy groups -OCH3 is 1.